The quantitative estimate of drug-likeness (QED) is 0.700. The maximum Gasteiger partial charge on any atom is 0.249 e. The molecule has 0 unspecified atom stereocenters. The van der Waals surface area contributed by atoms with Gasteiger partial charge in [0.25, 0.3) is 0 Å². The van der Waals surface area contributed by atoms with Crippen molar-refractivity contribution >= 4 is 23.1 Å². The average molecular weight is 341 g/mol. The van der Waals surface area contributed by atoms with Crippen molar-refractivity contribution in [2.75, 3.05) is 10.6 Å². The zero-order valence-corrected chi connectivity index (χ0v) is 13.8. The molecular weight excluding hydrogens is 324 g/mol. The Morgan fingerprint density at radius 1 is 0.880 bits per heavy atom. The first-order valence-corrected chi connectivity index (χ1v) is 7.80. The summed E-state index contributed by atoms with van der Waals surface area (Å²) in [6.45, 7) is 4.26. The Morgan fingerprint density at radius 2 is 1.60 bits per heavy atom. The molecule has 0 aliphatic carbocycles. The Hall–Kier alpha value is -3.09. The summed E-state index contributed by atoms with van der Waals surface area (Å²) < 4.78 is 26.2. The minimum Gasteiger partial charge on any atom is -0.339 e. The Morgan fingerprint density at radius 3 is 2.28 bits per heavy atom. The van der Waals surface area contributed by atoms with E-state index < -0.39 is 11.6 Å². The van der Waals surface area contributed by atoms with E-state index in [1.165, 1.54) is 17.8 Å². The molecule has 0 spiro atoms. The molecule has 25 heavy (non-hydrogen) atoms. The number of nitrogens with zero attached hydrogens (tertiary/aromatic N) is 3. The highest BCUT2D eigenvalue weighted by atomic mass is 19.2. The fraction of sp³-hybridized carbons (Fsp3) is 0.167. The van der Waals surface area contributed by atoms with Crippen molar-refractivity contribution in [2.45, 2.75) is 19.8 Å². The minimum atomic E-state index is -0.935. The highest BCUT2D eigenvalue weighted by Gasteiger charge is 2.06. The molecule has 1 aromatic heterocycles. The van der Waals surface area contributed by atoms with Crippen molar-refractivity contribution in [3.63, 3.8) is 0 Å². The van der Waals surface area contributed by atoms with Gasteiger partial charge in [0.2, 0.25) is 5.95 Å². The molecular formula is C18H17F2N5. The second-order valence-corrected chi connectivity index (χ2v) is 5.82. The second kappa shape index (κ2) is 7.21. The first-order chi connectivity index (χ1) is 12.0. The van der Waals surface area contributed by atoms with E-state index in [0.717, 1.165) is 17.8 Å². The molecule has 3 rings (SSSR count). The fourth-order valence-corrected chi connectivity index (χ4v) is 2.22. The molecule has 0 amide bonds. The summed E-state index contributed by atoms with van der Waals surface area (Å²) in [6.07, 6.45) is 1.40. The monoisotopic (exact) mass is 341 g/mol. The fourth-order valence-electron chi connectivity index (χ4n) is 2.22. The van der Waals surface area contributed by atoms with Gasteiger partial charge >= 0.3 is 0 Å². The highest BCUT2D eigenvalue weighted by Crippen LogP contribution is 2.20. The van der Waals surface area contributed by atoms with E-state index in [9.17, 15) is 8.78 Å². The van der Waals surface area contributed by atoms with Crippen LogP contribution in [0, 0.1) is 11.6 Å². The summed E-state index contributed by atoms with van der Waals surface area (Å²) in [7, 11) is 0. The van der Waals surface area contributed by atoms with E-state index in [4.69, 9.17) is 0 Å². The summed E-state index contributed by atoms with van der Waals surface area (Å²) in [5.41, 5.74) is 2.43. The lowest BCUT2D eigenvalue weighted by molar-refractivity contribution is 0.509. The standard InChI is InChI=1S/C18H17F2N5/c1-11(2)12-3-5-13(6-4-12)23-18-24-17(10-21-25-18)22-14-7-8-15(19)16(20)9-14/h3-11H,1-2H3,(H2,22,23,24,25). The molecule has 5 nitrogen and oxygen atoms in total. The number of hydrogen-bond acceptors (Lipinski definition) is 5. The first-order valence-electron chi connectivity index (χ1n) is 7.80. The lowest BCUT2D eigenvalue weighted by Crippen LogP contribution is -2.03. The van der Waals surface area contributed by atoms with Crippen LogP contribution in [0.5, 0.6) is 0 Å². The van der Waals surface area contributed by atoms with Crippen LogP contribution in [0.15, 0.2) is 48.7 Å². The topological polar surface area (TPSA) is 62.7 Å². The molecule has 0 radical (unpaired) electrons. The largest absolute Gasteiger partial charge is 0.339 e. The smallest absolute Gasteiger partial charge is 0.249 e. The van der Waals surface area contributed by atoms with Crippen LogP contribution in [0.4, 0.5) is 31.9 Å². The van der Waals surface area contributed by atoms with Gasteiger partial charge in [0, 0.05) is 17.4 Å². The molecule has 1 heterocycles. The van der Waals surface area contributed by atoms with E-state index in [0.29, 0.717) is 23.4 Å². The zero-order valence-electron chi connectivity index (χ0n) is 13.8. The maximum atomic E-state index is 13.3. The molecule has 128 valence electrons. The number of halogens is 2. The van der Waals surface area contributed by atoms with Gasteiger partial charge in [-0.05, 0) is 35.7 Å². The van der Waals surface area contributed by atoms with Gasteiger partial charge in [-0.25, -0.2) is 8.78 Å². The minimum absolute atomic E-state index is 0.296. The molecule has 7 heteroatoms. The predicted molar refractivity (Wildman–Crippen MR) is 93.3 cm³/mol. The van der Waals surface area contributed by atoms with Crippen molar-refractivity contribution in [2.24, 2.45) is 0 Å². The molecule has 0 aliphatic rings. The third-order valence-electron chi connectivity index (χ3n) is 3.58. The van der Waals surface area contributed by atoms with Gasteiger partial charge in [-0.3, -0.25) is 0 Å². The molecule has 0 atom stereocenters. The summed E-state index contributed by atoms with van der Waals surface area (Å²) in [5, 5.41) is 13.7. The summed E-state index contributed by atoms with van der Waals surface area (Å²) in [6, 6.07) is 11.4. The van der Waals surface area contributed by atoms with Crippen molar-refractivity contribution in [3.05, 3.63) is 65.9 Å². The van der Waals surface area contributed by atoms with Crippen LogP contribution >= 0.6 is 0 Å². The van der Waals surface area contributed by atoms with Crippen molar-refractivity contribution in [3.8, 4) is 0 Å². The second-order valence-electron chi connectivity index (χ2n) is 5.82. The summed E-state index contributed by atoms with van der Waals surface area (Å²) >= 11 is 0. The third-order valence-corrected chi connectivity index (χ3v) is 3.58. The molecule has 3 aromatic rings. The Kier molecular flexibility index (Phi) is 4.83. The maximum absolute atomic E-state index is 13.3. The van der Waals surface area contributed by atoms with Gasteiger partial charge in [0.15, 0.2) is 17.5 Å². The third kappa shape index (κ3) is 4.26. The van der Waals surface area contributed by atoms with Gasteiger partial charge in [-0.15, -0.1) is 5.10 Å². The van der Waals surface area contributed by atoms with Gasteiger partial charge in [-0.2, -0.15) is 10.1 Å². The van der Waals surface area contributed by atoms with Crippen LogP contribution in [0.3, 0.4) is 0 Å². The van der Waals surface area contributed by atoms with E-state index >= 15 is 0 Å². The van der Waals surface area contributed by atoms with E-state index in [1.54, 1.807) is 0 Å². The Balaban J connectivity index is 1.73. The van der Waals surface area contributed by atoms with E-state index in [1.807, 2.05) is 24.3 Å². The molecule has 0 saturated heterocycles. The van der Waals surface area contributed by atoms with Gasteiger partial charge in [-0.1, -0.05) is 26.0 Å². The van der Waals surface area contributed by atoms with Gasteiger partial charge in [0.05, 0.1) is 6.20 Å². The van der Waals surface area contributed by atoms with Crippen LogP contribution in [-0.4, -0.2) is 15.2 Å². The molecule has 2 N–H and O–H groups in total. The number of aromatic nitrogens is 3. The average Bonchev–Trinajstić information content (AvgIpc) is 2.59. The number of benzene rings is 2. The van der Waals surface area contributed by atoms with Crippen LogP contribution in [0.1, 0.15) is 25.3 Å². The lowest BCUT2D eigenvalue weighted by atomic mass is 10.0. The number of rotatable bonds is 5. The molecule has 0 fully saturated rings. The summed E-state index contributed by atoms with van der Waals surface area (Å²) in [5.74, 6) is -0.725. The normalized spacial score (nSPS) is 10.8. The lowest BCUT2D eigenvalue weighted by Gasteiger charge is -2.09. The number of nitrogens with one attached hydrogen (secondary N) is 2. The van der Waals surface area contributed by atoms with Crippen molar-refractivity contribution < 1.29 is 8.78 Å². The van der Waals surface area contributed by atoms with Crippen molar-refractivity contribution in [1.29, 1.82) is 0 Å². The summed E-state index contributed by atoms with van der Waals surface area (Å²) in [4.78, 5) is 4.26. The molecule has 0 aliphatic heterocycles. The van der Waals surface area contributed by atoms with Gasteiger partial charge < -0.3 is 10.6 Å². The Bertz CT molecular complexity index is 866. The SMILES string of the molecule is CC(C)c1ccc(Nc2nncc(Nc3ccc(F)c(F)c3)n2)cc1. The van der Waals surface area contributed by atoms with Crippen LogP contribution in [0.25, 0.3) is 0 Å². The van der Waals surface area contributed by atoms with E-state index in [-0.39, 0.29) is 0 Å². The van der Waals surface area contributed by atoms with Crippen LogP contribution in [-0.2, 0) is 0 Å². The zero-order chi connectivity index (χ0) is 17.8. The first kappa shape index (κ1) is 16.8. The van der Waals surface area contributed by atoms with Crippen molar-refractivity contribution in [1.82, 2.24) is 15.2 Å². The van der Waals surface area contributed by atoms with Crippen LogP contribution in [0.2, 0.25) is 0 Å². The molecule has 2 aromatic carbocycles. The highest BCUT2D eigenvalue weighted by molar-refractivity contribution is 5.58. The predicted octanol–water partition coefficient (Wildman–Crippen LogP) is 4.76. The number of anilines is 4. The van der Waals surface area contributed by atoms with Crippen LogP contribution < -0.4 is 10.6 Å². The number of hydrogen-bond donors (Lipinski definition) is 2. The van der Waals surface area contributed by atoms with Gasteiger partial charge in [0.1, 0.15) is 0 Å². The van der Waals surface area contributed by atoms with E-state index in [2.05, 4.69) is 39.7 Å². The molecule has 0 saturated carbocycles. The Labute approximate surface area is 144 Å². The molecule has 0 bridgehead atoms.